The summed E-state index contributed by atoms with van der Waals surface area (Å²) in [5.41, 5.74) is 1.45. The molecule has 0 spiro atoms. The molecule has 1 aromatic heterocycles. The van der Waals surface area contributed by atoms with Crippen LogP contribution in [0.4, 0.5) is 5.82 Å². The van der Waals surface area contributed by atoms with Gasteiger partial charge in [0.2, 0.25) is 0 Å². The number of aryl methyl sites for hydroxylation is 1. The maximum atomic E-state index is 12.7. The molecule has 29 heavy (non-hydrogen) atoms. The van der Waals surface area contributed by atoms with Crippen molar-refractivity contribution in [1.29, 1.82) is 0 Å². The molecule has 0 bridgehead atoms. The Morgan fingerprint density at radius 1 is 1.14 bits per heavy atom. The van der Waals surface area contributed by atoms with Crippen LogP contribution in [-0.4, -0.2) is 35.5 Å². The molecular formula is C22H25N3O4. The zero-order valence-corrected chi connectivity index (χ0v) is 16.8. The molecule has 1 atom stereocenters. The van der Waals surface area contributed by atoms with Crippen molar-refractivity contribution in [3.8, 4) is 11.5 Å². The van der Waals surface area contributed by atoms with Crippen molar-refractivity contribution < 1.29 is 19.0 Å². The van der Waals surface area contributed by atoms with Crippen molar-refractivity contribution in [2.45, 2.75) is 19.6 Å². The van der Waals surface area contributed by atoms with E-state index in [-0.39, 0.29) is 12.0 Å². The molecule has 1 amide bonds. The standard InChI is InChI=1S/C22H25N3O4/c1-16(14-27-3)29-20-12-18(22(26)23-21-9-10-25(2)24-21)11-19(13-20)28-15-17-7-5-4-6-8-17/h4-13,16H,14-15H2,1-3H3,(H,23,24,26)/t16-/m0/s1. The van der Waals surface area contributed by atoms with E-state index in [4.69, 9.17) is 14.2 Å². The number of hydrogen-bond acceptors (Lipinski definition) is 5. The number of carbonyl (C=O) groups is 1. The highest BCUT2D eigenvalue weighted by atomic mass is 16.5. The molecule has 0 unspecified atom stereocenters. The van der Waals surface area contributed by atoms with Gasteiger partial charge in [0.15, 0.2) is 5.82 Å². The largest absolute Gasteiger partial charge is 0.489 e. The SMILES string of the molecule is COC[C@H](C)Oc1cc(OCc2ccccc2)cc(C(=O)Nc2ccn(C)n2)c1. The summed E-state index contributed by atoms with van der Waals surface area (Å²) < 4.78 is 18.5. The van der Waals surface area contributed by atoms with Gasteiger partial charge in [0, 0.05) is 38.1 Å². The molecule has 0 aliphatic rings. The fourth-order valence-corrected chi connectivity index (χ4v) is 2.77. The minimum atomic E-state index is -0.293. The lowest BCUT2D eigenvalue weighted by Gasteiger charge is -2.16. The number of amides is 1. The molecule has 0 saturated carbocycles. The van der Waals surface area contributed by atoms with Crippen LogP contribution in [-0.2, 0) is 18.4 Å². The molecule has 7 heteroatoms. The third-order valence-electron chi connectivity index (χ3n) is 4.08. The predicted molar refractivity (Wildman–Crippen MR) is 110 cm³/mol. The topological polar surface area (TPSA) is 74.6 Å². The first-order valence-electron chi connectivity index (χ1n) is 9.32. The van der Waals surface area contributed by atoms with Crippen LogP contribution in [0.15, 0.2) is 60.8 Å². The van der Waals surface area contributed by atoms with Crippen molar-refractivity contribution in [1.82, 2.24) is 9.78 Å². The predicted octanol–water partition coefficient (Wildman–Crippen LogP) is 3.67. The maximum Gasteiger partial charge on any atom is 0.257 e. The van der Waals surface area contributed by atoms with E-state index in [2.05, 4.69) is 10.4 Å². The minimum absolute atomic E-state index is 0.170. The molecule has 0 fully saturated rings. The quantitative estimate of drug-likeness (QED) is 0.598. The second-order valence-corrected chi connectivity index (χ2v) is 6.68. The van der Waals surface area contributed by atoms with Gasteiger partial charge in [-0.05, 0) is 24.6 Å². The lowest BCUT2D eigenvalue weighted by molar-refractivity contribution is 0.0914. The number of hydrogen-bond donors (Lipinski definition) is 1. The third-order valence-corrected chi connectivity index (χ3v) is 4.08. The molecule has 0 saturated heterocycles. The molecule has 0 aliphatic carbocycles. The van der Waals surface area contributed by atoms with Crippen LogP contribution in [0.5, 0.6) is 11.5 Å². The normalized spacial score (nSPS) is 11.7. The summed E-state index contributed by atoms with van der Waals surface area (Å²) in [6.45, 7) is 2.72. The number of ether oxygens (including phenoxy) is 3. The van der Waals surface area contributed by atoms with E-state index in [0.717, 1.165) is 5.56 Å². The number of nitrogens with one attached hydrogen (secondary N) is 1. The number of nitrogens with zero attached hydrogens (tertiary/aromatic N) is 2. The van der Waals surface area contributed by atoms with Crippen molar-refractivity contribution in [2.75, 3.05) is 19.0 Å². The maximum absolute atomic E-state index is 12.7. The van der Waals surface area contributed by atoms with Crippen LogP contribution in [0.2, 0.25) is 0 Å². The summed E-state index contributed by atoms with van der Waals surface area (Å²) >= 11 is 0. The Bertz CT molecular complexity index is 940. The molecular weight excluding hydrogens is 370 g/mol. The molecule has 0 aliphatic heterocycles. The van der Waals surface area contributed by atoms with Crippen molar-refractivity contribution >= 4 is 11.7 Å². The summed E-state index contributed by atoms with van der Waals surface area (Å²) in [5, 5.41) is 6.95. The molecule has 152 valence electrons. The van der Waals surface area contributed by atoms with E-state index < -0.39 is 0 Å². The highest BCUT2D eigenvalue weighted by molar-refractivity contribution is 6.04. The minimum Gasteiger partial charge on any atom is -0.489 e. The van der Waals surface area contributed by atoms with E-state index >= 15 is 0 Å². The average molecular weight is 395 g/mol. The summed E-state index contributed by atoms with van der Waals surface area (Å²) in [6, 6.07) is 16.7. The molecule has 3 rings (SSSR count). The highest BCUT2D eigenvalue weighted by Crippen LogP contribution is 2.25. The van der Waals surface area contributed by atoms with Gasteiger partial charge in [0.05, 0.1) is 6.61 Å². The number of rotatable bonds is 9. The van der Waals surface area contributed by atoms with E-state index in [9.17, 15) is 4.79 Å². The smallest absolute Gasteiger partial charge is 0.257 e. The average Bonchev–Trinajstić information content (AvgIpc) is 3.11. The van der Waals surface area contributed by atoms with Crippen LogP contribution in [0, 0.1) is 0 Å². The van der Waals surface area contributed by atoms with Crippen LogP contribution in [0.1, 0.15) is 22.8 Å². The first-order chi connectivity index (χ1) is 14.0. The number of aromatic nitrogens is 2. The fourth-order valence-electron chi connectivity index (χ4n) is 2.77. The van der Waals surface area contributed by atoms with Crippen LogP contribution >= 0.6 is 0 Å². The summed E-state index contributed by atoms with van der Waals surface area (Å²) in [5.74, 6) is 1.26. The van der Waals surface area contributed by atoms with Gasteiger partial charge in [-0.25, -0.2) is 0 Å². The molecule has 1 N–H and O–H groups in total. The first-order valence-corrected chi connectivity index (χ1v) is 9.32. The van der Waals surface area contributed by atoms with Gasteiger partial charge in [-0.15, -0.1) is 0 Å². The Labute approximate surface area is 170 Å². The zero-order valence-electron chi connectivity index (χ0n) is 16.8. The Morgan fingerprint density at radius 3 is 2.59 bits per heavy atom. The second-order valence-electron chi connectivity index (χ2n) is 6.68. The van der Waals surface area contributed by atoms with Crippen molar-refractivity contribution in [3.63, 3.8) is 0 Å². The summed E-state index contributed by atoms with van der Waals surface area (Å²) in [7, 11) is 3.40. The van der Waals surface area contributed by atoms with Crippen LogP contribution in [0.3, 0.4) is 0 Å². The molecule has 0 radical (unpaired) electrons. The van der Waals surface area contributed by atoms with Gasteiger partial charge in [-0.3, -0.25) is 9.48 Å². The monoisotopic (exact) mass is 395 g/mol. The first kappa shape index (κ1) is 20.4. The van der Waals surface area contributed by atoms with Gasteiger partial charge in [-0.2, -0.15) is 5.10 Å². The Hall–Kier alpha value is -3.32. The third kappa shape index (κ3) is 6.08. The van der Waals surface area contributed by atoms with Gasteiger partial charge >= 0.3 is 0 Å². The molecule has 3 aromatic rings. The van der Waals surface area contributed by atoms with E-state index in [1.165, 1.54) is 0 Å². The number of carbonyl (C=O) groups excluding carboxylic acids is 1. The van der Waals surface area contributed by atoms with Gasteiger partial charge in [-0.1, -0.05) is 30.3 Å². The number of anilines is 1. The molecule has 1 heterocycles. The lowest BCUT2D eigenvalue weighted by Crippen LogP contribution is -2.19. The number of methoxy groups -OCH3 is 1. The lowest BCUT2D eigenvalue weighted by atomic mass is 10.1. The van der Waals surface area contributed by atoms with Crippen LogP contribution < -0.4 is 14.8 Å². The summed E-state index contributed by atoms with van der Waals surface area (Å²) in [4.78, 5) is 12.7. The molecule has 2 aromatic carbocycles. The van der Waals surface area contributed by atoms with Crippen molar-refractivity contribution in [2.24, 2.45) is 7.05 Å². The Balaban J connectivity index is 1.80. The van der Waals surface area contributed by atoms with Crippen molar-refractivity contribution in [3.05, 3.63) is 71.9 Å². The molecule has 7 nitrogen and oxygen atoms in total. The number of benzene rings is 2. The second kappa shape index (κ2) is 9.75. The van der Waals surface area contributed by atoms with E-state index in [0.29, 0.717) is 36.1 Å². The van der Waals surface area contributed by atoms with E-state index in [1.54, 1.807) is 49.3 Å². The highest BCUT2D eigenvalue weighted by Gasteiger charge is 2.14. The fraction of sp³-hybridized carbons (Fsp3) is 0.273. The summed E-state index contributed by atoms with van der Waals surface area (Å²) in [6.07, 6.45) is 1.59. The van der Waals surface area contributed by atoms with Gasteiger partial charge < -0.3 is 19.5 Å². The Kier molecular flexibility index (Phi) is 6.86. The van der Waals surface area contributed by atoms with Gasteiger partial charge in [0.1, 0.15) is 24.2 Å². The van der Waals surface area contributed by atoms with E-state index in [1.807, 2.05) is 37.3 Å². The Morgan fingerprint density at radius 2 is 1.90 bits per heavy atom. The van der Waals surface area contributed by atoms with Gasteiger partial charge in [0.25, 0.3) is 5.91 Å². The van der Waals surface area contributed by atoms with Crippen LogP contribution in [0.25, 0.3) is 0 Å². The zero-order chi connectivity index (χ0) is 20.6.